The molecular formula is C18H21ClF3N3O3. The Morgan fingerprint density at radius 1 is 1.29 bits per heavy atom. The Kier molecular flexibility index (Phi) is 6.92. The number of halogens is 4. The van der Waals surface area contributed by atoms with Crippen molar-refractivity contribution in [3.05, 3.63) is 34.2 Å². The minimum absolute atomic E-state index is 0.0104. The number of alkyl halides is 3. The standard InChI is InChI=1S/C18H21ClF3N3O3/c1-4-13-15(17(27)24(5-2)8-7-14(26)28-6-3)25-10-11(18(20,21)22)9-12(19)16(25)23-13/h9-10H,4-8H2,1-3H3. The van der Waals surface area contributed by atoms with E-state index in [1.54, 1.807) is 20.8 Å². The third kappa shape index (κ3) is 4.57. The molecule has 0 aliphatic rings. The lowest BCUT2D eigenvalue weighted by atomic mass is 10.2. The molecular weight excluding hydrogens is 399 g/mol. The monoisotopic (exact) mass is 419 g/mol. The molecule has 0 atom stereocenters. The molecule has 2 rings (SSSR count). The number of aromatic nitrogens is 2. The van der Waals surface area contributed by atoms with Crippen molar-refractivity contribution in [2.75, 3.05) is 19.7 Å². The Morgan fingerprint density at radius 3 is 2.50 bits per heavy atom. The molecule has 0 spiro atoms. The van der Waals surface area contributed by atoms with Gasteiger partial charge in [0.05, 0.1) is 29.3 Å². The summed E-state index contributed by atoms with van der Waals surface area (Å²) in [7, 11) is 0. The van der Waals surface area contributed by atoms with Crippen LogP contribution in [-0.2, 0) is 22.1 Å². The molecule has 2 aromatic heterocycles. The van der Waals surface area contributed by atoms with Gasteiger partial charge in [-0.15, -0.1) is 0 Å². The van der Waals surface area contributed by atoms with Crippen LogP contribution in [0.1, 0.15) is 48.9 Å². The van der Waals surface area contributed by atoms with Gasteiger partial charge in [-0.3, -0.25) is 14.0 Å². The van der Waals surface area contributed by atoms with Crippen LogP contribution in [-0.4, -0.2) is 45.9 Å². The highest BCUT2D eigenvalue weighted by atomic mass is 35.5. The highest BCUT2D eigenvalue weighted by Crippen LogP contribution is 2.33. The minimum atomic E-state index is -4.62. The average Bonchev–Trinajstić information content (AvgIpc) is 3.00. The van der Waals surface area contributed by atoms with Crippen molar-refractivity contribution in [3.8, 4) is 0 Å². The normalized spacial score (nSPS) is 11.7. The number of rotatable bonds is 7. The molecule has 0 aliphatic heterocycles. The number of esters is 1. The minimum Gasteiger partial charge on any atom is -0.466 e. The van der Waals surface area contributed by atoms with E-state index in [2.05, 4.69) is 4.98 Å². The van der Waals surface area contributed by atoms with Gasteiger partial charge in [-0.1, -0.05) is 18.5 Å². The fraction of sp³-hybridized carbons (Fsp3) is 0.500. The van der Waals surface area contributed by atoms with Gasteiger partial charge in [-0.2, -0.15) is 13.2 Å². The number of imidazole rings is 1. The van der Waals surface area contributed by atoms with Gasteiger partial charge in [-0.05, 0) is 26.3 Å². The summed E-state index contributed by atoms with van der Waals surface area (Å²) < 4.78 is 45.5. The van der Waals surface area contributed by atoms with Crippen LogP contribution in [0.2, 0.25) is 5.02 Å². The first-order valence-electron chi connectivity index (χ1n) is 8.86. The molecule has 0 N–H and O–H groups in total. The number of carbonyl (C=O) groups is 2. The molecule has 2 aromatic rings. The van der Waals surface area contributed by atoms with E-state index in [4.69, 9.17) is 16.3 Å². The van der Waals surface area contributed by atoms with Crippen LogP contribution in [0.3, 0.4) is 0 Å². The quantitative estimate of drug-likeness (QED) is 0.637. The first-order chi connectivity index (χ1) is 13.1. The molecule has 0 saturated heterocycles. The summed E-state index contributed by atoms with van der Waals surface area (Å²) in [5.74, 6) is -0.975. The lowest BCUT2D eigenvalue weighted by molar-refractivity contribution is -0.143. The van der Waals surface area contributed by atoms with Crippen molar-refractivity contribution >= 4 is 29.1 Å². The van der Waals surface area contributed by atoms with Crippen molar-refractivity contribution in [2.24, 2.45) is 0 Å². The van der Waals surface area contributed by atoms with E-state index in [1.165, 1.54) is 4.90 Å². The molecule has 154 valence electrons. The Bertz CT molecular complexity index is 880. The van der Waals surface area contributed by atoms with E-state index >= 15 is 0 Å². The van der Waals surface area contributed by atoms with Crippen molar-refractivity contribution in [1.29, 1.82) is 0 Å². The molecule has 0 bridgehead atoms. The molecule has 0 fully saturated rings. The summed E-state index contributed by atoms with van der Waals surface area (Å²) in [5, 5.41) is -0.196. The summed E-state index contributed by atoms with van der Waals surface area (Å²) in [6.07, 6.45) is -3.49. The summed E-state index contributed by atoms with van der Waals surface area (Å²) in [5.41, 5.74) is -0.554. The van der Waals surface area contributed by atoms with Gasteiger partial charge in [0.25, 0.3) is 5.91 Å². The number of hydrogen-bond donors (Lipinski definition) is 0. The van der Waals surface area contributed by atoms with Gasteiger partial charge in [0.2, 0.25) is 0 Å². The van der Waals surface area contributed by atoms with E-state index in [0.29, 0.717) is 12.1 Å². The Labute approximate surface area is 165 Å². The zero-order valence-electron chi connectivity index (χ0n) is 15.8. The summed E-state index contributed by atoms with van der Waals surface area (Å²) in [6.45, 7) is 5.70. The smallest absolute Gasteiger partial charge is 0.417 e. The van der Waals surface area contributed by atoms with E-state index in [1.807, 2.05) is 0 Å². The first-order valence-corrected chi connectivity index (χ1v) is 9.24. The zero-order chi connectivity index (χ0) is 21.1. The lowest BCUT2D eigenvalue weighted by Gasteiger charge is -2.21. The van der Waals surface area contributed by atoms with Gasteiger partial charge in [0.1, 0.15) is 5.69 Å². The van der Waals surface area contributed by atoms with Gasteiger partial charge >= 0.3 is 12.1 Å². The number of nitrogens with zero attached hydrogens (tertiary/aromatic N) is 3. The molecule has 0 unspecified atom stereocenters. The molecule has 1 amide bonds. The molecule has 0 saturated carbocycles. The molecule has 0 aliphatic carbocycles. The number of amides is 1. The second-order valence-corrected chi connectivity index (χ2v) is 6.38. The molecule has 28 heavy (non-hydrogen) atoms. The Balaban J connectivity index is 2.49. The topological polar surface area (TPSA) is 63.9 Å². The van der Waals surface area contributed by atoms with Crippen LogP contribution in [0.4, 0.5) is 13.2 Å². The number of hydrogen-bond acceptors (Lipinski definition) is 4. The van der Waals surface area contributed by atoms with Gasteiger partial charge in [-0.25, -0.2) is 4.98 Å². The number of fused-ring (bicyclic) bond motifs is 1. The number of ether oxygens (including phenoxy) is 1. The molecule has 6 nitrogen and oxygen atoms in total. The third-order valence-corrected chi connectivity index (χ3v) is 4.45. The van der Waals surface area contributed by atoms with Crippen LogP contribution in [0.15, 0.2) is 12.3 Å². The molecule has 2 heterocycles. The average molecular weight is 420 g/mol. The SMILES string of the molecule is CCOC(=O)CCN(CC)C(=O)c1c(CC)nc2c(Cl)cc(C(F)(F)F)cn12. The predicted octanol–water partition coefficient (Wildman–Crippen LogP) is 3.98. The van der Waals surface area contributed by atoms with E-state index < -0.39 is 23.6 Å². The molecule has 0 aromatic carbocycles. The second-order valence-electron chi connectivity index (χ2n) is 5.97. The van der Waals surface area contributed by atoms with Crippen molar-refractivity contribution in [1.82, 2.24) is 14.3 Å². The fourth-order valence-corrected chi connectivity index (χ4v) is 3.04. The summed E-state index contributed by atoms with van der Waals surface area (Å²) in [4.78, 5) is 30.3. The van der Waals surface area contributed by atoms with Crippen LogP contribution in [0.25, 0.3) is 5.65 Å². The van der Waals surface area contributed by atoms with Crippen molar-refractivity contribution in [3.63, 3.8) is 0 Å². The van der Waals surface area contributed by atoms with Gasteiger partial charge < -0.3 is 9.64 Å². The van der Waals surface area contributed by atoms with Gasteiger partial charge in [0, 0.05) is 19.3 Å². The van der Waals surface area contributed by atoms with Crippen molar-refractivity contribution in [2.45, 2.75) is 39.8 Å². The summed E-state index contributed by atoms with van der Waals surface area (Å²) >= 11 is 6.00. The fourth-order valence-electron chi connectivity index (χ4n) is 2.79. The van der Waals surface area contributed by atoms with Crippen LogP contribution in [0.5, 0.6) is 0 Å². The molecule has 10 heteroatoms. The maximum absolute atomic E-state index is 13.2. The number of aryl methyl sites for hydroxylation is 1. The largest absolute Gasteiger partial charge is 0.466 e. The van der Waals surface area contributed by atoms with E-state index in [9.17, 15) is 22.8 Å². The van der Waals surface area contributed by atoms with E-state index in [0.717, 1.165) is 16.7 Å². The second kappa shape index (κ2) is 8.81. The summed E-state index contributed by atoms with van der Waals surface area (Å²) in [6, 6.07) is 0.788. The van der Waals surface area contributed by atoms with Crippen molar-refractivity contribution < 1.29 is 27.5 Å². The Morgan fingerprint density at radius 2 is 1.96 bits per heavy atom. The Hall–Kier alpha value is -2.29. The zero-order valence-corrected chi connectivity index (χ0v) is 16.5. The van der Waals surface area contributed by atoms with Crippen LogP contribution in [0, 0.1) is 0 Å². The first kappa shape index (κ1) is 22.0. The van der Waals surface area contributed by atoms with Crippen LogP contribution < -0.4 is 0 Å². The highest BCUT2D eigenvalue weighted by molar-refractivity contribution is 6.33. The van der Waals surface area contributed by atoms with Gasteiger partial charge in [0.15, 0.2) is 5.65 Å². The lowest BCUT2D eigenvalue weighted by Crippen LogP contribution is -2.34. The van der Waals surface area contributed by atoms with E-state index in [-0.39, 0.29) is 42.5 Å². The number of pyridine rings is 1. The predicted molar refractivity (Wildman–Crippen MR) is 97.4 cm³/mol. The molecule has 0 radical (unpaired) electrons. The third-order valence-electron chi connectivity index (χ3n) is 4.17. The number of carbonyl (C=O) groups excluding carboxylic acids is 2. The maximum Gasteiger partial charge on any atom is 0.417 e. The van der Waals surface area contributed by atoms with Crippen LogP contribution >= 0.6 is 11.6 Å². The maximum atomic E-state index is 13.2. The highest BCUT2D eigenvalue weighted by Gasteiger charge is 2.33.